The molecule has 0 saturated carbocycles. The van der Waals surface area contributed by atoms with Crippen LogP contribution in [0.3, 0.4) is 0 Å². The fourth-order valence-corrected chi connectivity index (χ4v) is 1.35. The zero-order valence-electron chi connectivity index (χ0n) is 8.13. The summed E-state index contributed by atoms with van der Waals surface area (Å²) >= 11 is 0. The summed E-state index contributed by atoms with van der Waals surface area (Å²) in [6.45, 7) is 0. The summed E-state index contributed by atoms with van der Waals surface area (Å²) in [4.78, 5) is 4.05. The lowest BCUT2D eigenvalue weighted by atomic mass is 10.1. The first-order valence-electron chi connectivity index (χ1n) is 4.64. The van der Waals surface area contributed by atoms with Crippen molar-refractivity contribution in [1.82, 2.24) is 4.98 Å². The van der Waals surface area contributed by atoms with Crippen LogP contribution >= 0.6 is 0 Å². The lowest BCUT2D eigenvalue weighted by Gasteiger charge is -2.03. The van der Waals surface area contributed by atoms with Gasteiger partial charge in [-0.2, -0.15) is 0 Å². The highest BCUT2D eigenvalue weighted by atomic mass is 16.5. The quantitative estimate of drug-likeness (QED) is 0.759. The summed E-state index contributed by atoms with van der Waals surface area (Å²) < 4.78 is 4.94. The van der Waals surface area contributed by atoms with Crippen molar-refractivity contribution in [3.05, 3.63) is 48.8 Å². The van der Waals surface area contributed by atoms with E-state index in [1.54, 1.807) is 6.20 Å². The number of aromatic nitrogens is 1. The Bertz CT molecular complexity index is 416. The Balaban J connectivity index is 2.24. The molecule has 1 aromatic carbocycles. The number of hydrogen-bond acceptors (Lipinski definition) is 3. The number of pyridine rings is 1. The van der Waals surface area contributed by atoms with E-state index in [0.717, 1.165) is 11.1 Å². The highest BCUT2D eigenvalue weighted by Crippen LogP contribution is 2.20. The van der Waals surface area contributed by atoms with Crippen LogP contribution in [-0.2, 0) is 0 Å². The van der Waals surface area contributed by atoms with E-state index in [-0.39, 0.29) is 7.69 Å². The van der Waals surface area contributed by atoms with Gasteiger partial charge in [0.15, 0.2) is 0 Å². The van der Waals surface area contributed by atoms with Crippen molar-refractivity contribution in [2.45, 2.75) is 0 Å². The molecule has 1 aromatic heterocycles. The van der Waals surface area contributed by atoms with Crippen LogP contribution in [0.25, 0.3) is 11.1 Å². The van der Waals surface area contributed by atoms with Crippen molar-refractivity contribution in [3.8, 4) is 16.9 Å². The second-order valence-corrected chi connectivity index (χ2v) is 3.04. The highest BCUT2D eigenvalue weighted by molar-refractivity contribution is 6.17. The van der Waals surface area contributed by atoms with E-state index in [4.69, 9.17) is 9.68 Å². The van der Waals surface area contributed by atoms with Gasteiger partial charge in [-0.25, -0.2) is 0 Å². The van der Waals surface area contributed by atoms with Crippen LogP contribution in [0.2, 0.25) is 0 Å². The van der Waals surface area contributed by atoms with Crippen LogP contribution in [-0.4, -0.2) is 17.7 Å². The van der Waals surface area contributed by atoms with Crippen LogP contribution in [0.4, 0.5) is 0 Å². The lowest BCUT2D eigenvalue weighted by molar-refractivity contribution is 0.454. The van der Waals surface area contributed by atoms with Gasteiger partial charge in [0, 0.05) is 12.4 Å². The Morgan fingerprint density at radius 1 is 1.07 bits per heavy atom. The maximum atomic E-state index is 8.57. The predicted octanol–water partition coefficient (Wildman–Crippen LogP) is 1.39. The van der Waals surface area contributed by atoms with Gasteiger partial charge in [-0.15, -0.1) is 0 Å². The van der Waals surface area contributed by atoms with Crippen molar-refractivity contribution >= 4 is 7.69 Å². The summed E-state index contributed by atoms with van der Waals surface area (Å²) in [5.41, 5.74) is 2.14. The molecule has 4 heteroatoms. The lowest BCUT2D eigenvalue weighted by Crippen LogP contribution is -1.99. The minimum atomic E-state index is -0.299. The normalized spacial score (nSPS) is 9.67. The van der Waals surface area contributed by atoms with Gasteiger partial charge in [-0.3, -0.25) is 4.98 Å². The van der Waals surface area contributed by atoms with E-state index in [1.807, 2.05) is 42.6 Å². The summed E-state index contributed by atoms with van der Waals surface area (Å²) in [7, 11) is -0.299. The Morgan fingerprint density at radius 3 is 2.47 bits per heavy atom. The molecule has 0 aliphatic heterocycles. The van der Waals surface area contributed by atoms with Gasteiger partial charge < -0.3 is 9.68 Å². The third-order valence-corrected chi connectivity index (χ3v) is 2.08. The van der Waals surface area contributed by atoms with Crippen molar-refractivity contribution < 1.29 is 9.68 Å². The fraction of sp³-hybridized carbons (Fsp3) is 0. The third-order valence-electron chi connectivity index (χ3n) is 2.08. The van der Waals surface area contributed by atoms with E-state index in [9.17, 15) is 0 Å². The monoisotopic (exact) mass is 199 g/mol. The Kier molecular flexibility index (Phi) is 3.00. The van der Waals surface area contributed by atoms with Crippen LogP contribution in [0, 0.1) is 0 Å². The largest absolute Gasteiger partial charge is 0.539 e. The van der Waals surface area contributed by atoms with E-state index in [2.05, 4.69) is 4.98 Å². The summed E-state index contributed by atoms with van der Waals surface area (Å²) in [6, 6.07) is 11.4. The predicted molar refractivity (Wildman–Crippen MR) is 59.7 cm³/mol. The molecular formula is C11H10BNO2. The molecule has 0 radical (unpaired) electrons. The molecule has 0 amide bonds. The van der Waals surface area contributed by atoms with Crippen molar-refractivity contribution in [3.63, 3.8) is 0 Å². The van der Waals surface area contributed by atoms with Crippen LogP contribution < -0.4 is 4.65 Å². The molecule has 1 heterocycles. The third kappa shape index (κ3) is 2.36. The van der Waals surface area contributed by atoms with Gasteiger partial charge in [0.1, 0.15) is 5.75 Å². The van der Waals surface area contributed by atoms with Crippen molar-refractivity contribution in [2.24, 2.45) is 0 Å². The molecule has 0 bridgehead atoms. The fourth-order valence-electron chi connectivity index (χ4n) is 1.35. The average molecular weight is 199 g/mol. The molecule has 0 aliphatic carbocycles. The maximum Gasteiger partial charge on any atom is 0.504 e. The molecule has 74 valence electrons. The first-order chi connectivity index (χ1) is 7.40. The Hall–Kier alpha value is -1.81. The molecule has 0 unspecified atom stereocenters. The number of hydrogen-bond donors (Lipinski definition) is 1. The zero-order chi connectivity index (χ0) is 10.5. The molecule has 15 heavy (non-hydrogen) atoms. The van der Waals surface area contributed by atoms with Gasteiger partial charge in [0.05, 0.1) is 0 Å². The topological polar surface area (TPSA) is 42.4 Å². The van der Waals surface area contributed by atoms with E-state index in [1.165, 1.54) is 0 Å². The number of rotatable bonds is 3. The maximum absolute atomic E-state index is 8.57. The standard InChI is InChI=1S/C11H10BNO2/c14-12-15-11-5-3-9(4-6-11)10-2-1-7-13-8-10/h1-8,12,14H. The molecule has 3 nitrogen and oxygen atoms in total. The molecule has 0 fully saturated rings. The first kappa shape index (κ1) is 9.74. The van der Waals surface area contributed by atoms with Crippen LogP contribution in [0.15, 0.2) is 48.8 Å². The summed E-state index contributed by atoms with van der Waals surface area (Å²) in [6.07, 6.45) is 3.55. The van der Waals surface area contributed by atoms with E-state index in [0.29, 0.717) is 5.75 Å². The van der Waals surface area contributed by atoms with E-state index < -0.39 is 0 Å². The minimum absolute atomic E-state index is 0.299. The van der Waals surface area contributed by atoms with Gasteiger partial charge in [-0.1, -0.05) is 18.2 Å². The molecule has 1 N–H and O–H groups in total. The Morgan fingerprint density at radius 2 is 1.87 bits per heavy atom. The molecule has 2 rings (SSSR count). The Labute approximate surface area is 88.7 Å². The summed E-state index contributed by atoms with van der Waals surface area (Å²) in [5, 5.41) is 8.57. The van der Waals surface area contributed by atoms with E-state index >= 15 is 0 Å². The minimum Gasteiger partial charge on any atom is -0.539 e. The van der Waals surface area contributed by atoms with Crippen LogP contribution in [0.5, 0.6) is 5.75 Å². The molecule has 0 aliphatic rings. The second-order valence-electron chi connectivity index (χ2n) is 3.04. The summed E-state index contributed by atoms with van der Waals surface area (Å²) in [5.74, 6) is 0.658. The molecule has 0 atom stereocenters. The van der Waals surface area contributed by atoms with Crippen molar-refractivity contribution in [1.29, 1.82) is 0 Å². The second kappa shape index (κ2) is 4.62. The zero-order valence-corrected chi connectivity index (χ0v) is 8.13. The smallest absolute Gasteiger partial charge is 0.504 e. The molecular weight excluding hydrogens is 189 g/mol. The molecule has 0 spiro atoms. The molecule has 0 saturated heterocycles. The first-order valence-corrected chi connectivity index (χ1v) is 4.64. The van der Waals surface area contributed by atoms with Gasteiger partial charge in [0.25, 0.3) is 0 Å². The molecule has 2 aromatic rings. The van der Waals surface area contributed by atoms with Gasteiger partial charge in [0.2, 0.25) is 0 Å². The average Bonchev–Trinajstić information content (AvgIpc) is 2.32. The number of benzene rings is 1. The SMILES string of the molecule is OBOc1ccc(-c2cccnc2)cc1. The number of nitrogens with zero attached hydrogens (tertiary/aromatic N) is 1. The van der Waals surface area contributed by atoms with Gasteiger partial charge >= 0.3 is 7.69 Å². The highest BCUT2D eigenvalue weighted by Gasteiger charge is 1.97. The van der Waals surface area contributed by atoms with Crippen LogP contribution in [0.1, 0.15) is 0 Å². The van der Waals surface area contributed by atoms with Gasteiger partial charge in [-0.05, 0) is 29.3 Å². The van der Waals surface area contributed by atoms with Crippen molar-refractivity contribution in [2.75, 3.05) is 0 Å².